The summed E-state index contributed by atoms with van der Waals surface area (Å²) in [6.07, 6.45) is 0. The van der Waals surface area contributed by atoms with Gasteiger partial charge in [-0.15, -0.1) is 5.10 Å². The number of halogens is 1. The number of hydrogen-bond donors (Lipinski definition) is 1. The number of amides is 2. The first-order valence-electron chi connectivity index (χ1n) is 8.76. The molecule has 1 aliphatic heterocycles. The fourth-order valence-electron chi connectivity index (χ4n) is 2.73. The number of carbonyl (C=O) groups is 2. The van der Waals surface area contributed by atoms with Gasteiger partial charge in [0.2, 0.25) is 11.8 Å². The lowest BCUT2D eigenvalue weighted by molar-refractivity contribution is -0.129. The average molecular weight is 434 g/mol. The Morgan fingerprint density at radius 2 is 1.97 bits per heavy atom. The van der Waals surface area contributed by atoms with E-state index < -0.39 is 5.37 Å². The van der Waals surface area contributed by atoms with E-state index in [1.807, 2.05) is 30.3 Å². The van der Waals surface area contributed by atoms with E-state index in [2.05, 4.69) is 10.4 Å². The maximum atomic E-state index is 12.0. The zero-order valence-electron chi connectivity index (χ0n) is 16.1. The third kappa shape index (κ3) is 5.02. The van der Waals surface area contributed by atoms with Crippen LogP contribution in [0.2, 0.25) is 5.02 Å². The Morgan fingerprint density at radius 1 is 1.24 bits per heavy atom. The number of ether oxygens (including phenoxy) is 2. The fraction of sp³-hybridized carbons (Fsp3) is 0.250. The highest BCUT2D eigenvalue weighted by Gasteiger charge is 2.33. The summed E-state index contributed by atoms with van der Waals surface area (Å²) in [6.45, 7) is 3.13. The third-order valence-electron chi connectivity index (χ3n) is 4.01. The Morgan fingerprint density at radius 3 is 2.59 bits per heavy atom. The predicted octanol–water partition coefficient (Wildman–Crippen LogP) is 3.93. The Hall–Kier alpha value is -2.71. The highest BCUT2D eigenvalue weighted by atomic mass is 35.5. The van der Waals surface area contributed by atoms with Crippen LogP contribution in [0.25, 0.3) is 0 Å². The molecule has 0 unspecified atom stereocenters. The minimum atomic E-state index is -0.482. The molecule has 1 heterocycles. The van der Waals surface area contributed by atoms with E-state index in [0.717, 1.165) is 5.56 Å². The first-order chi connectivity index (χ1) is 13.9. The van der Waals surface area contributed by atoms with Crippen LogP contribution in [0.5, 0.6) is 11.5 Å². The molecule has 2 aromatic carbocycles. The number of amidine groups is 1. The van der Waals surface area contributed by atoms with E-state index in [1.54, 1.807) is 12.1 Å². The second-order valence-corrected chi connectivity index (χ2v) is 7.70. The Kier molecular flexibility index (Phi) is 6.66. The van der Waals surface area contributed by atoms with Crippen molar-refractivity contribution in [2.24, 2.45) is 5.10 Å². The molecule has 0 fully saturated rings. The van der Waals surface area contributed by atoms with Crippen LogP contribution in [0, 0.1) is 0 Å². The normalized spacial score (nSPS) is 15.7. The molecule has 2 amide bonds. The zero-order chi connectivity index (χ0) is 21.0. The molecule has 152 valence electrons. The lowest BCUT2D eigenvalue weighted by Gasteiger charge is -2.21. The van der Waals surface area contributed by atoms with Crippen LogP contribution in [0.4, 0.5) is 0 Å². The number of nitrogens with zero attached hydrogens (tertiary/aromatic N) is 2. The number of benzene rings is 2. The van der Waals surface area contributed by atoms with Gasteiger partial charge in [-0.2, -0.15) is 0 Å². The Balaban J connectivity index is 1.86. The largest absolute Gasteiger partial charge is 0.493 e. The van der Waals surface area contributed by atoms with Crippen molar-refractivity contribution < 1.29 is 19.1 Å². The first-order valence-corrected chi connectivity index (χ1v) is 10.0. The zero-order valence-corrected chi connectivity index (χ0v) is 17.7. The van der Waals surface area contributed by atoms with Gasteiger partial charge in [-0.05, 0) is 23.3 Å². The van der Waals surface area contributed by atoms with Crippen LogP contribution >= 0.6 is 23.4 Å². The standard InChI is InChI=1S/C20H20ClN3O4S/c1-12(25)22-20-23-24(13(2)26)19(29-20)15-9-16(21)18(17(10-15)27-3)28-11-14-7-5-4-6-8-14/h4-10,19H,11H2,1-3H3,(H,22,23,25)/t19-/m1/s1. The van der Waals surface area contributed by atoms with Crippen molar-refractivity contribution >= 4 is 40.3 Å². The molecular weight excluding hydrogens is 414 g/mol. The summed E-state index contributed by atoms with van der Waals surface area (Å²) in [5, 5.41) is 8.31. The molecule has 0 saturated heterocycles. The van der Waals surface area contributed by atoms with Gasteiger partial charge < -0.3 is 14.8 Å². The van der Waals surface area contributed by atoms with E-state index in [1.165, 1.54) is 37.7 Å². The highest BCUT2D eigenvalue weighted by molar-refractivity contribution is 8.14. The number of hydrogen-bond acceptors (Lipinski definition) is 6. The van der Waals surface area contributed by atoms with Gasteiger partial charge in [-0.1, -0.05) is 53.7 Å². The molecule has 0 saturated carbocycles. The molecule has 3 rings (SSSR count). The Labute approximate surface area is 178 Å². The maximum absolute atomic E-state index is 12.0. The summed E-state index contributed by atoms with van der Waals surface area (Å²) < 4.78 is 11.4. The van der Waals surface area contributed by atoms with Crippen molar-refractivity contribution in [3.63, 3.8) is 0 Å². The molecule has 0 bridgehead atoms. The van der Waals surface area contributed by atoms with Gasteiger partial charge in [-0.3, -0.25) is 9.59 Å². The molecule has 29 heavy (non-hydrogen) atoms. The number of methoxy groups -OCH3 is 1. The van der Waals surface area contributed by atoms with E-state index in [4.69, 9.17) is 21.1 Å². The quantitative estimate of drug-likeness (QED) is 0.772. The highest BCUT2D eigenvalue weighted by Crippen LogP contribution is 2.44. The van der Waals surface area contributed by atoms with Gasteiger partial charge in [0.25, 0.3) is 0 Å². The van der Waals surface area contributed by atoms with Crippen molar-refractivity contribution in [2.75, 3.05) is 7.11 Å². The van der Waals surface area contributed by atoms with Crippen LogP contribution in [0.15, 0.2) is 47.6 Å². The molecule has 0 spiro atoms. The van der Waals surface area contributed by atoms with Crippen LogP contribution < -0.4 is 14.8 Å². The predicted molar refractivity (Wildman–Crippen MR) is 113 cm³/mol. The molecule has 2 aromatic rings. The lowest BCUT2D eigenvalue weighted by atomic mass is 10.2. The first kappa shape index (κ1) is 21.0. The molecule has 7 nitrogen and oxygen atoms in total. The van der Waals surface area contributed by atoms with Gasteiger partial charge in [-0.25, -0.2) is 5.01 Å². The topological polar surface area (TPSA) is 80.2 Å². The SMILES string of the molecule is COc1cc([C@H]2SC(NC(C)=O)=NN2C(C)=O)cc(Cl)c1OCc1ccccc1. The van der Waals surface area contributed by atoms with Gasteiger partial charge in [0.15, 0.2) is 16.7 Å². The number of thioether (sulfide) groups is 1. The second-order valence-electron chi connectivity index (χ2n) is 6.23. The number of rotatable bonds is 5. The van der Waals surface area contributed by atoms with Crippen molar-refractivity contribution in [1.29, 1.82) is 0 Å². The summed E-state index contributed by atoms with van der Waals surface area (Å²) in [4.78, 5) is 23.4. The molecular formula is C20H20ClN3O4S. The van der Waals surface area contributed by atoms with Gasteiger partial charge >= 0.3 is 0 Å². The van der Waals surface area contributed by atoms with Gasteiger partial charge in [0, 0.05) is 13.8 Å². The molecule has 0 radical (unpaired) electrons. The minimum absolute atomic E-state index is 0.262. The summed E-state index contributed by atoms with van der Waals surface area (Å²) in [5.41, 5.74) is 1.69. The van der Waals surface area contributed by atoms with Crippen molar-refractivity contribution in [3.05, 3.63) is 58.6 Å². The summed E-state index contributed by atoms with van der Waals surface area (Å²) in [7, 11) is 1.52. The fourth-order valence-corrected chi connectivity index (χ4v) is 4.12. The summed E-state index contributed by atoms with van der Waals surface area (Å²) >= 11 is 7.72. The molecule has 1 atom stereocenters. The van der Waals surface area contributed by atoms with Crippen LogP contribution in [-0.2, 0) is 16.2 Å². The van der Waals surface area contributed by atoms with Crippen LogP contribution in [0.1, 0.15) is 30.3 Å². The van der Waals surface area contributed by atoms with E-state index in [-0.39, 0.29) is 11.8 Å². The Bertz CT molecular complexity index is 952. The van der Waals surface area contributed by atoms with Gasteiger partial charge in [0.05, 0.1) is 12.1 Å². The molecule has 1 aliphatic rings. The van der Waals surface area contributed by atoms with E-state index in [0.29, 0.717) is 33.9 Å². The molecule has 9 heteroatoms. The van der Waals surface area contributed by atoms with E-state index in [9.17, 15) is 9.59 Å². The van der Waals surface area contributed by atoms with Crippen LogP contribution in [0.3, 0.4) is 0 Å². The number of nitrogens with one attached hydrogen (secondary N) is 1. The summed E-state index contributed by atoms with van der Waals surface area (Å²) in [6, 6.07) is 13.2. The monoisotopic (exact) mass is 433 g/mol. The molecule has 1 N–H and O–H groups in total. The van der Waals surface area contributed by atoms with Gasteiger partial charge in [0.1, 0.15) is 12.0 Å². The summed E-state index contributed by atoms with van der Waals surface area (Å²) in [5.74, 6) is 0.339. The van der Waals surface area contributed by atoms with Crippen molar-refractivity contribution in [2.45, 2.75) is 25.8 Å². The smallest absolute Gasteiger partial charge is 0.241 e. The number of hydrazone groups is 1. The molecule has 0 aromatic heterocycles. The number of carbonyl (C=O) groups excluding carboxylic acids is 2. The average Bonchev–Trinajstić information content (AvgIpc) is 3.10. The van der Waals surface area contributed by atoms with E-state index >= 15 is 0 Å². The molecule has 0 aliphatic carbocycles. The lowest BCUT2D eigenvalue weighted by Crippen LogP contribution is -2.25. The maximum Gasteiger partial charge on any atom is 0.241 e. The van der Waals surface area contributed by atoms with Crippen molar-refractivity contribution in [3.8, 4) is 11.5 Å². The minimum Gasteiger partial charge on any atom is -0.493 e. The second kappa shape index (κ2) is 9.19. The van der Waals surface area contributed by atoms with Crippen LogP contribution in [-0.4, -0.2) is 29.1 Å². The van der Waals surface area contributed by atoms with Crippen molar-refractivity contribution in [1.82, 2.24) is 10.3 Å². The third-order valence-corrected chi connectivity index (χ3v) is 5.40.